The number of rotatable bonds is 5. The highest BCUT2D eigenvalue weighted by molar-refractivity contribution is 6.33. The van der Waals surface area contributed by atoms with Crippen LogP contribution in [0.5, 0.6) is 0 Å². The monoisotopic (exact) mass is 449 g/mol. The average Bonchev–Trinajstić information content (AvgIpc) is 3.07. The van der Waals surface area contributed by atoms with Crippen molar-refractivity contribution in [3.8, 4) is 0 Å². The fourth-order valence-electron chi connectivity index (χ4n) is 4.22. The van der Waals surface area contributed by atoms with Gasteiger partial charge in [-0.3, -0.25) is 9.59 Å². The molecule has 1 saturated heterocycles. The van der Waals surface area contributed by atoms with Crippen LogP contribution in [0, 0.1) is 26.7 Å². The smallest absolute Gasteiger partial charge is 0.258 e. The first-order valence-corrected chi connectivity index (χ1v) is 11.4. The van der Waals surface area contributed by atoms with Crippen molar-refractivity contribution in [1.82, 2.24) is 14.7 Å². The lowest BCUT2D eigenvalue weighted by Gasteiger charge is -2.31. The predicted molar refractivity (Wildman–Crippen MR) is 126 cm³/mol. The third-order valence-electron chi connectivity index (χ3n) is 6.22. The number of aryl methyl sites for hydroxylation is 3. The number of benzene rings is 2. The number of halogens is 1. The summed E-state index contributed by atoms with van der Waals surface area (Å²) in [6.45, 7) is 7.47. The maximum absolute atomic E-state index is 13.2. The quantitative estimate of drug-likeness (QED) is 0.500. The molecule has 166 valence electrons. The molecular formula is C26H28ClN3O2. The Balaban J connectivity index is 1.43. The molecule has 5 nitrogen and oxygen atoms in total. The van der Waals surface area contributed by atoms with Crippen LogP contribution in [0.4, 0.5) is 0 Å². The molecule has 1 aromatic heterocycles. The van der Waals surface area contributed by atoms with Gasteiger partial charge in [-0.05, 0) is 39.2 Å². The standard InChI is InChI=1S/C26H28ClN3O2/c1-17-4-8-20(9-5-17)16-30-25(27)23(19(3)28-30)26(32)29-14-12-22(13-15-29)24(31)21-10-6-18(2)7-11-21/h4-11,22H,12-16H2,1-3H3. The first-order chi connectivity index (χ1) is 15.3. The lowest BCUT2D eigenvalue weighted by atomic mass is 9.88. The summed E-state index contributed by atoms with van der Waals surface area (Å²) in [5.74, 6) is 0.00343. The van der Waals surface area contributed by atoms with E-state index < -0.39 is 0 Å². The van der Waals surface area contributed by atoms with Gasteiger partial charge in [-0.2, -0.15) is 5.10 Å². The van der Waals surface area contributed by atoms with Crippen LogP contribution in [0.25, 0.3) is 0 Å². The number of hydrogen-bond acceptors (Lipinski definition) is 3. The number of nitrogens with zero attached hydrogens (tertiary/aromatic N) is 3. The fourth-order valence-corrected chi connectivity index (χ4v) is 4.54. The van der Waals surface area contributed by atoms with E-state index in [4.69, 9.17) is 11.6 Å². The Kier molecular flexibility index (Phi) is 6.47. The second-order valence-electron chi connectivity index (χ2n) is 8.69. The van der Waals surface area contributed by atoms with Crippen molar-refractivity contribution in [3.05, 3.63) is 87.2 Å². The number of Topliss-reactive ketones (excluding diaryl/α,β-unsaturated/α-hetero) is 1. The molecule has 0 spiro atoms. The molecule has 1 amide bonds. The molecule has 0 bridgehead atoms. The third-order valence-corrected chi connectivity index (χ3v) is 6.61. The Hall–Kier alpha value is -2.92. The van der Waals surface area contributed by atoms with Crippen LogP contribution >= 0.6 is 11.6 Å². The Morgan fingerprint density at radius 2 is 1.50 bits per heavy atom. The van der Waals surface area contributed by atoms with Crippen molar-refractivity contribution in [1.29, 1.82) is 0 Å². The highest BCUT2D eigenvalue weighted by Gasteiger charge is 2.31. The maximum atomic E-state index is 13.2. The molecule has 1 fully saturated rings. The van der Waals surface area contributed by atoms with Gasteiger partial charge < -0.3 is 4.90 Å². The van der Waals surface area contributed by atoms with E-state index in [2.05, 4.69) is 5.10 Å². The molecule has 1 aliphatic heterocycles. The van der Waals surface area contributed by atoms with Gasteiger partial charge in [-0.1, -0.05) is 71.3 Å². The van der Waals surface area contributed by atoms with Crippen molar-refractivity contribution in [2.75, 3.05) is 13.1 Å². The minimum Gasteiger partial charge on any atom is -0.338 e. The topological polar surface area (TPSA) is 55.2 Å². The molecule has 4 rings (SSSR count). The second-order valence-corrected chi connectivity index (χ2v) is 9.05. The third kappa shape index (κ3) is 4.63. The second kappa shape index (κ2) is 9.29. The molecule has 1 aliphatic rings. The minimum absolute atomic E-state index is 0.0532. The largest absolute Gasteiger partial charge is 0.338 e. The van der Waals surface area contributed by atoms with Gasteiger partial charge in [0.15, 0.2) is 5.78 Å². The van der Waals surface area contributed by atoms with Gasteiger partial charge in [0, 0.05) is 24.6 Å². The van der Waals surface area contributed by atoms with Gasteiger partial charge in [0.25, 0.3) is 5.91 Å². The number of piperidine rings is 1. The summed E-state index contributed by atoms with van der Waals surface area (Å²) in [4.78, 5) is 27.9. The summed E-state index contributed by atoms with van der Waals surface area (Å²) in [6.07, 6.45) is 1.32. The van der Waals surface area contributed by atoms with E-state index in [9.17, 15) is 9.59 Å². The van der Waals surface area contributed by atoms with Crippen molar-refractivity contribution in [2.45, 2.75) is 40.2 Å². The van der Waals surface area contributed by atoms with Crippen molar-refractivity contribution in [3.63, 3.8) is 0 Å². The first-order valence-electron chi connectivity index (χ1n) is 11.0. The van der Waals surface area contributed by atoms with Crippen molar-refractivity contribution >= 4 is 23.3 Å². The molecule has 6 heteroatoms. The lowest BCUT2D eigenvalue weighted by Crippen LogP contribution is -2.40. The van der Waals surface area contributed by atoms with Gasteiger partial charge >= 0.3 is 0 Å². The summed E-state index contributed by atoms with van der Waals surface area (Å²) in [7, 11) is 0. The maximum Gasteiger partial charge on any atom is 0.258 e. The fraction of sp³-hybridized carbons (Fsp3) is 0.346. The molecule has 0 saturated carbocycles. The van der Waals surface area contributed by atoms with Gasteiger partial charge in [-0.25, -0.2) is 4.68 Å². The van der Waals surface area contributed by atoms with Gasteiger partial charge in [-0.15, -0.1) is 0 Å². The Bertz CT molecular complexity index is 1130. The minimum atomic E-state index is -0.108. The van der Waals surface area contributed by atoms with E-state index in [1.54, 1.807) is 9.58 Å². The molecule has 0 atom stereocenters. The van der Waals surface area contributed by atoms with Crippen molar-refractivity contribution in [2.24, 2.45) is 5.92 Å². The van der Waals surface area contributed by atoms with Gasteiger partial charge in [0.2, 0.25) is 0 Å². The van der Waals surface area contributed by atoms with Crippen LogP contribution in [-0.4, -0.2) is 39.5 Å². The van der Waals surface area contributed by atoms with E-state index in [-0.39, 0.29) is 17.6 Å². The van der Waals surface area contributed by atoms with Crippen molar-refractivity contribution < 1.29 is 9.59 Å². The normalized spacial score (nSPS) is 14.6. The SMILES string of the molecule is Cc1ccc(Cn2nc(C)c(C(=O)N3CCC(C(=O)c4ccc(C)cc4)CC3)c2Cl)cc1. The highest BCUT2D eigenvalue weighted by Crippen LogP contribution is 2.27. The van der Waals surface area contributed by atoms with Crippen LogP contribution in [0.3, 0.4) is 0 Å². The summed E-state index contributed by atoms with van der Waals surface area (Å²) in [5, 5.41) is 4.88. The first kappa shape index (κ1) is 22.3. The molecular weight excluding hydrogens is 422 g/mol. The zero-order valence-electron chi connectivity index (χ0n) is 18.8. The van der Waals surface area contributed by atoms with Crippen LogP contribution in [-0.2, 0) is 6.54 Å². The average molecular weight is 450 g/mol. The Labute approximate surface area is 194 Å². The molecule has 2 heterocycles. The van der Waals surface area contributed by atoms with E-state index in [1.165, 1.54) is 5.56 Å². The number of amides is 1. The molecule has 0 unspecified atom stereocenters. The summed E-state index contributed by atoms with van der Waals surface area (Å²) >= 11 is 6.60. The Morgan fingerprint density at radius 1 is 0.938 bits per heavy atom. The van der Waals surface area contributed by atoms with Gasteiger partial charge in [0.05, 0.1) is 17.8 Å². The van der Waals surface area contributed by atoms with E-state index in [1.807, 2.05) is 69.3 Å². The predicted octanol–water partition coefficient (Wildman–Crippen LogP) is 5.25. The summed E-state index contributed by atoms with van der Waals surface area (Å²) in [6, 6.07) is 15.9. The number of carbonyl (C=O) groups is 2. The molecule has 0 radical (unpaired) electrons. The summed E-state index contributed by atoms with van der Waals surface area (Å²) in [5.41, 5.74) is 5.24. The molecule has 3 aromatic rings. The van der Waals surface area contributed by atoms with Crippen LogP contribution in [0.1, 0.15) is 55.9 Å². The highest BCUT2D eigenvalue weighted by atomic mass is 35.5. The van der Waals surface area contributed by atoms with E-state index in [0.717, 1.165) is 16.7 Å². The number of carbonyl (C=O) groups excluding carboxylic acids is 2. The van der Waals surface area contributed by atoms with E-state index in [0.29, 0.717) is 48.9 Å². The van der Waals surface area contributed by atoms with E-state index >= 15 is 0 Å². The Morgan fingerprint density at radius 3 is 2.09 bits per heavy atom. The zero-order chi connectivity index (χ0) is 22.8. The summed E-state index contributed by atoms with van der Waals surface area (Å²) < 4.78 is 1.68. The number of hydrogen-bond donors (Lipinski definition) is 0. The molecule has 0 aliphatic carbocycles. The number of ketones is 1. The number of aromatic nitrogens is 2. The van der Waals surface area contributed by atoms with Gasteiger partial charge in [0.1, 0.15) is 5.15 Å². The lowest BCUT2D eigenvalue weighted by molar-refractivity contribution is 0.0650. The van der Waals surface area contributed by atoms with Crippen LogP contribution in [0.2, 0.25) is 5.15 Å². The van der Waals surface area contributed by atoms with Crippen LogP contribution in [0.15, 0.2) is 48.5 Å². The number of likely N-dealkylation sites (tertiary alicyclic amines) is 1. The molecule has 0 N–H and O–H groups in total. The molecule has 32 heavy (non-hydrogen) atoms. The zero-order valence-corrected chi connectivity index (χ0v) is 19.5. The molecule has 2 aromatic carbocycles. The van der Waals surface area contributed by atoms with Crippen LogP contribution < -0.4 is 0 Å².